The summed E-state index contributed by atoms with van der Waals surface area (Å²) < 4.78 is 11.3. The summed E-state index contributed by atoms with van der Waals surface area (Å²) >= 11 is 1.23. The minimum Gasteiger partial charge on any atom is -0.494 e. The summed E-state index contributed by atoms with van der Waals surface area (Å²) in [5.41, 5.74) is 0.630. The van der Waals surface area contributed by atoms with Gasteiger partial charge in [0.05, 0.1) is 12.6 Å². The molecule has 160 valence electrons. The van der Waals surface area contributed by atoms with Gasteiger partial charge in [-0.05, 0) is 43.2 Å². The number of unbranched alkanes of at least 4 members (excludes halogenated alkanes) is 1. The zero-order chi connectivity index (χ0) is 22.0. The van der Waals surface area contributed by atoms with E-state index >= 15 is 0 Å². The summed E-state index contributed by atoms with van der Waals surface area (Å²) in [6.07, 6.45) is 3.47. The predicted molar refractivity (Wildman–Crippen MR) is 115 cm³/mol. The van der Waals surface area contributed by atoms with Crippen LogP contribution in [0.5, 0.6) is 5.75 Å². The van der Waals surface area contributed by atoms with Gasteiger partial charge in [0, 0.05) is 11.6 Å². The minimum atomic E-state index is -1.23. The highest BCUT2D eigenvalue weighted by Crippen LogP contribution is 2.42. The number of Topliss-reactive ketones (excluding diaryl/α,β-unsaturated/α-hetero) is 2. The first kappa shape index (κ1) is 21.0. The average molecular weight is 439 g/mol. The van der Waals surface area contributed by atoms with Crippen molar-refractivity contribution in [2.24, 2.45) is 5.92 Å². The molecule has 2 atom stereocenters. The summed E-state index contributed by atoms with van der Waals surface area (Å²) in [6.45, 7) is 4.36. The fourth-order valence-corrected chi connectivity index (χ4v) is 4.33. The molecule has 2 aromatic heterocycles. The van der Waals surface area contributed by atoms with E-state index in [1.54, 1.807) is 42.8 Å². The Hall–Kier alpha value is -3.26. The molecule has 1 aliphatic rings. The third-order valence-corrected chi connectivity index (χ3v) is 5.93. The summed E-state index contributed by atoms with van der Waals surface area (Å²) in [5.74, 6) is -2.03. The van der Waals surface area contributed by atoms with Crippen LogP contribution in [0.2, 0.25) is 0 Å². The van der Waals surface area contributed by atoms with E-state index in [0.29, 0.717) is 28.8 Å². The van der Waals surface area contributed by atoms with Crippen LogP contribution in [0.1, 0.15) is 47.7 Å². The van der Waals surface area contributed by atoms with Crippen LogP contribution in [0.25, 0.3) is 0 Å². The number of furan rings is 1. The van der Waals surface area contributed by atoms with Crippen LogP contribution in [-0.2, 0) is 9.59 Å². The molecule has 1 amide bonds. The van der Waals surface area contributed by atoms with Crippen LogP contribution in [0.15, 0.2) is 52.4 Å². The van der Waals surface area contributed by atoms with E-state index in [4.69, 9.17) is 9.15 Å². The number of ether oxygens (including phenoxy) is 1. The molecular weight excluding hydrogens is 416 g/mol. The van der Waals surface area contributed by atoms with Gasteiger partial charge >= 0.3 is 0 Å². The second-order valence-electron chi connectivity index (χ2n) is 7.33. The Morgan fingerprint density at radius 3 is 2.77 bits per heavy atom. The van der Waals surface area contributed by atoms with E-state index in [1.165, 1.54) is 22.3 Å². The van der Waals surface area contributed by atoms with Gasteiger partial charge in [0.25, 0.3) is 5.91 Å². The molecule has 3 heterocycles. The summed E-state index contributed by atoms with van der Waals surface area (Å²) in [5, 5.41) is 2.09. The predicted octanol–water partition coefficient (Wildman–Crippen LogP) is 4.38. The number of hydrogen-bond acceptors (Lipinski definition) is 7. The topological polar surface area (TPSA) is 89.7 Å². The van der Waals surface area contributed by atoms with Gasteiger partial charge in [0.2, 0.25) is 11.6 Å². The van der Waals surface area contributed by atoms with E-state index in [9.17, 15) is 14.4 Å². The molecule has 1 fully saturated rings. The number of aryl methyl sites for hydroxylation is 1. The normalized spacial score (nSPS) is 18.6. The van der Waals surface area contributed by atoms with Crippen LogP contribution in [0.3, 0.4) is 0 Å². The standard InChI is InChI=1S/C23H22N2O5S/c1-3-4-11-29-16-7-5-6-15(13-16)19-18(20(26)17-9-8-14(2)30-17)21(27)22(28)25(19)23-24-10-12-31-23/h5-10,12-13,18-19H,3-4,11H2,1-2H3. The third-order valence-electron chi connectivity index (χ3n) is 5.16. The Labute approximate surface area is 183 Å². The van der Waals surface area contributed by atoms with Crippen LogP contribution >= 0.6 is 11.3 Å². The molecule has 7 nitrogen and oxygen atoms in total. The molecule has 8 heteroatoms. The van der Waals surface area contributed by atoms with Crippen molar-refractivity contribution in [3.05, 3.63) is 65.1 Å². The molecule has 0 radical (unpaired) electrons. The molecule has 2 unspecified atom stereocenters. The van der Waals surface area contributed by atoms with E-state index in [0.717, 1.165) is 12.8 Å². The van der Waals surface area contributed by atoms with E-state index in [1.807, 2.05) is 6.07 Å². The lowest BCUT2D eigenvalue weighted by molar-refractivity contribution is -0.135. The maximum Gasteiger partial charge on any atom is 0.297 e. The molecular formula is C23H22N2O5S. The molecule has 0 N–H and O–H groups in total. The molecule has 1 aliphatic heterocycles. The number of benzene rings is 1. The number of ketones is 2. The monoisotopic (exact) mass is 438 g/mol. The first-order valence-electron chi connectivity index (χ1n) is 10.1. The maximum absolute atomic E-state index is 13.3. The van der Waals surface area contributed by atoms with Crippen molar-refractivity contribution in [2.75, 3.05) is 11.5 Å². The van der Waals surface area contributed by atoms with Crippen molar-refractivity contribution in [1.82, 2.24) is 4.98 Å². The van der Waals surface area contributed by atoms with Gasteiger partial charge in [0.1, 0.15) is 17.4 Å². The summed E-state index contributed by atoms with van der Waals surface area (Å²) in [7, 11) is 0. The average Bonchev–Trinajstić information content (AvgIpc) is 3.49. The van der Waals surface area contributed by atoms with Crippen LogP contribution in [0.4, 0.5) is 5.13 Å². The number of rotatable bonds is 8. The minimum absolute atomic E-state index is 0.0602. The summed E-state index contributed by atoms with van der Waals surface area (Å²) in [6, 6.07) is 9.53. The molecule has 4 rings (SSSR count). The number of nitrogens with zero attached hydrogens (tertiary/aromatic N) is 2. The van der Waals surface area contributed by atoms with Crippen molar-refractivity contribution in [2.45, 2.75) is 32.7 Å². The van der Waals surface area contributed by atoms with Crippen molar-refractivity contribution < 1.29 is 23.5 Å². The molecule has 0 bridgehead atoms. The van der Waals surface area contributed by atoms with E-state index in [-0.39, 0.29) is 5.76 Å². The zero-order valence-corrected chi connectivity index (χ0v) is 18.1. The van der Waals surface area contributed by atoms with Crippen LogP contribution in [0, 0.1) is 12.8 Å². The Kier molecular flexibility index (Phi) is 5.99. The first-order valence-corrected chi connectivity index (χ1v) is 11.0. The molecule has 31 heavy (non-hydrogen) atoms. The molecule has 1 saturated heterocycles. The lowest BCUT2D eigenvalue weighted by Crippen LogP contribution is -2.30. The third kappa shape index (κ3) is 4.03. The van der Waals surface area contributed by atoms with Gasteiger partial charge in [-0.2, -0.15) is 0 Å². The number of anilines is 1. The van der Waals surface area contributed by atoms with E-state index in [2.05, 4.69) is 11.9 Å². The number of aromatic nitrogens is 1. The quantitative estimate of drug-likeness (QED) is 0.224. The SMILES string of the molecule is CCCCOc1cccc(C2C(C(=O)c3ccc(C)o3)C(=O)C(=O)N2c2nccs2)c1. The highest BCUT2D eigenvalue weighted by Gasteiger charge is 2.53. The second-order valence-corrected chi connectivity index (χ2v) is 8.20. The number of carbonyl (C=O) groups excluding carboxylic acids is 3. The molecule has 0 saturated carbocycles. The fourth-order valence-electron chi connectivity index (χ4n) is 3.66. The van der Waals surface area contributed by atoms with Crippen molar-refractivity contribution in [1.29, 1.82) is 0 Å². The first-order chi connectivity index (χ1) is 15.0. The molecule has 3 aromatic rings. The molecule has 1 aromatic carbocycles. The fraction of sp³-hybridized carbons (Fsp3) is 0.304. The van der Waals surface area contributed by atoms with Gasteiger partial charge < -0.3 is 9.15 Å². The van der Waals surface area contributed by atoms with Gasteiger partial charge in [-0.1, -0.05) is 25.5 Å². The Morgan fingerprint density at radius 1 is 1.26 bits per heavy atom. The Balaban J connectivity index is 1.77. The largest absolute Gasteiger partial charge is 0.494 e. The van der Waals surface area contributed by atoms with Gasteiger partial charge in [-0.25, -0.2) is 4.98 Å². The number of amides is 1. The lowest BCUT2D eigenvalue weighted by atomic mass is 9.88. The molecule has 0 spiro atoms. The van der Waals surface area contributed by atoms with Crippen molar-refractivity contribution >= 4 is 33.9 Å². The number of hydrogen-bond donors (Lipinski definition) is 0. The second kappa shape index (κ2) is 8.85. The van der Waals surface area contributed by atoms with Crippen molar-refractivity contribution in [3.8, 4) is 5.75 Å². The number of carbonyl (C=O) groups is 3. The lowest BCUT2D eigenvalue weighted by Gasteiger charge is -2.25. The highest BCUT2D eigenvalue weighted by molar-refractivity contribution is 7.14. The van der Waals surface area contributed by atoms with Crippen LogP contribution < -0.4 is 9.64 Å². The van der Waals surface area contributed by atoms with Gasteiger partial charge in [-0.3, -0.25) is 19.3 Å². The smallest absolute Gasteiger partial charge is 0.297 e. The van der Waals surface area contributed by atoms with Crippen LogP contribution in [-0.4, -0.2) is 29.1 Å². The van der Waals surface area contributed by atoms with E-state index < -0.39 is 29.4 Å². The molecule has 0 aliphatic carbocycles. The Morgan fingerprint density at radius 2 is 2.10 bits per heavy atom. The van der Waals surface area contributed by atoms with Gasteiger partial charge in [-0.15, -0.1) is 11.3 Å². The van der Waals surface area contributed by atoms with Gasteiger partial charge in [0.15, 0.2) is 10.9 Å². The number of thiazole rings is 1. The highest BCUT2D eigenvalue weighted by atomic mass is 32.1. The maximum atomic E-state index is 13.3. The zero-order valence-electron chi connectivity index (χ0n) is 17.2. The Bertz CT molecular complexity index is 1100. The van der Waals surface area contributed by atoms with Crippen molar-refractivity contribution in [3.63, 3.8) is 0 Å². The summed E-state index contributed by atoms with van der Waals surface area (Å²) in [4.78, 5) is 44.8.